The quantitative estimate of drug-likeness (QED) is 0.851. The summed E-state index contributed by atoms with van der Waals surface area (Å²) in [7, 11) is 0. The van der Waals surface area contributed by atoms with Crippen molar-refractivity contribution in [2.75, 3.05) is 13.2 Å². The highest BCUT2D eigenvalue weighted by atomic mass is 16.5. The number of hydrogen-bond acceptors (Lipinski definition) is 4. The largest absolute Gasteiger partial charge is 0.448 e. The Morgan fingerprint density at radius 1 is 1.39 bits per heavy atom. The number of oxazole rings is 1. The summed E-state index contributed by atoms with van der Waals surface area (Å²) >= 11 is 0. The van der Waals surface area contributed by atoms with Gasteiger partial charge in [0.05, 0.1) is 6.10 Å². The lowest BCUT2D eigenvalue weighted by Crippen LogP contribution is -2.37. The van der Waals surface area contributed by atoms with Gasteiger partial charge in [0, 0.05) is 19.7 Å². The Labute approximate surface area is 136 Å². The Bertz CT molecular complexity index is 674. The standard InChI is InChI=1S/C18H22N2O3/c1-13-5-3-6-15(9-13)10-20(11-16-7-4-8-22-16)18(21)17-14(2)23-12-19-17/h3,5-6,9,12,16H,4,7-8,10-11H2,1-2H3. The van der Waals surface area contributed by atoms with E-state index in [0.717, 1.165) is 25.0 Å². The molecule has 5 nitrogen and oxygen atoms in total. The van der Waals surface area contributed by atoms with Gasteiger partial charge in [0.25, 0.3) is 5.91 Å². The maximum absolute atomic E-state index is 12.9. The van der Waals surface area contributed by atoms with Gasteiger partial charge in [-0.3, -0.25) is 4.79 Å². The maximum atomic E-state index is 12.9. The lowest BCUT2D eigenvalue weighted by molar-refractivity contribution is 0.0502. The van der Waals surface area contributed by atoms with Crippen LogP contribution >= 0.6 is 0 Å². The van der Waals surface area contributed by atoms with E-state index in [1.165, 1.54) is 12.0 Å². The van der Waals surface area contributed by atoms with Gasteiger partial charge in [-0.25, -0.2) is 4.98 Å². The van der Waals surface area contributed by atoms with Gasteiger partial charge in [-0.15, -0.1) is 0 Å². The van der Waals surface area contributed by atoms with Crippen molar-refractivity contribution < 1.29 is 13.9 Å². The van der Waals surface area contributed by atoms with Crippen molar-refractivity contribution >= 4 is 5.91 Å². The van der Waals surface area contributed by atoms with Gasteiger partial charge in [-0.1, -0.05) is 29.8 Å². The molecule has 122 valence electrons. The van der Waals surface area contributed by atoms with Gasteiger partial charge in [0.15, 0.2) is 12.1 Å². The van der Waals surface area contributed by atoms with E-state index in [0.29, 0.717) is 24.5 Å². The third-order valence-corrected chi connectivity index (χ3v) is 4.14. The SMILES string of the molecule is Cc1cccc(CN(CC2CCCO2)C(=O)c2ncoc2C)c1. The fourth-order valence-corrected chi connectivity index (χ4v) is 2.94. The van der Waals surface area contributed by atoms with Crippen LogP contribution in [0.3, 0.4) is 0 Å². The highest BCUT2D eigenvalue weighted by Gasteiger charge is 2.26. The van der Waals surface area contributed by atoms with E-state index in [9.17, 15) is 4.79 Å². The molecule has 1 unspecified atom stereocenters. The minimum absolute atomic E-state index is 0.103. The normalized spacial score (nSPS) is 17.4. The molecule has 1 aromatic heterocycles. The third-order valence-electron chi connectivity index (χ3n) is 4.14. The van der Waals surface area contributed by atoms with Crippen molar-refractivity contribution in [3.63, 3.8) is 0 Å². The van der Waals surface area contributed by atoms with E-state index < -0.39 is 0 Å². The van der Waals surface area contributed by atoms with E-state index in [-0.39, 0.29) is 12.0 Å². The second-order valence-electron chi connectivity index (χ2n) is 6.07. The number of hydrogen-bond donors (Lipinski definition) is 0. The van der Waals surface area contributed by atoms with Gasteiger partial charge in [0.1, 0.15) is 5.76 Å². The predicted octanol–water partition coefficient (Wildman–Crippen LogP) is 3.11. The Kier molecular flexibility index (Phi) is 4.76. The molecule has 1 aliphatic rings. The molecule has 2 heterocycles. The van der Waals surface area contributed by atoms with Crippen LogP contribution in [0, 0.1) is 13.8 Å². The van der Waals surface area contributed by atoms with Crippen LogP contribution in [-0.4, -0.2) is 35.0 Å². The Hall–Kier alpha value is -2.14. The average molecular weight is 314 g/mol. The predicted molar refractivity (Wildman–Crippen MR) is 86.1 cm³/mol. The van der Waals surface area contributed by atoms with Crippen LogP contribution in [0.5, 0.6) is 0 Å². The summed E-state index contributed by atoms with van der Waals surface area (Å²) in [5.41, 5.74) is 2.68. The van der Waals surface area contributed by atoms with E-state index in [4.69, 9.17) is 9.15 Å². The van der Waals surface area contributed by atoms with Gasteiger partial charge in [-0.05, 0) is 32.3 Å². The van der Waals surface area contributed by atoms with Crippen LogP contribution in [0.1, 0.15) is 40.2 Å². The first-order valence-electron chi connectivity index (χ1n) is 8.00. The Morgan fingerprint density at radius 2 is 2.26 bits per heavy atom. The molecule has 0 radical (unpaired) electrons. The van der Waals surface area contributed by atoms with Crippen LogP contribution in [0.4, 0.5) is 0 Å². The molecular formula is C18H22N2O3. The van der Waals surface area contributed by atoms with Crippen LogP contribution in [0.2, 0.25) is 0 Å². The number of aromatic nitrogens is 1. The van der Waals surface area contributed by atoms with Gasteiger partial charge in [-0.2, -0.15) is 0 Å². The zero-order valence-electron chi connectivity index (χ0n) is 13.6. The number of carbonyl (C=O) groups is 1. The molecule has 0 bridgehead atoms. The molecule has 0 N–H and O–H groups in total. The zero-order chi connectivity index (χ0) is 16.2. The van der Waals surface area contributed by atoms with Gasteiger partial charge >= 0.3 is 0 Å². The number of carbonyl (C=O) groups excluding carboxylic acids is 1. The molecule has 5 heteroatoms. The van der Waals surface area contributed by atoms with E-state index in [1.807, 2.05) is 17.0 Å². The van der Waals surface area contributed by atoms with Crippen LogP contribution in [-0.2, 0) is 11.3 Å². The van der Waals surface area contributed by atoms with Gasteiger partial charge < -0.3 is 14.1 Å². The number of amides is 1. The number of nitrogens with zero attached hydrogens (tertiary/aromatic N) is 2. The summed E-state index contributed by atoms with van der Waals surface area (Å²) in [6.45, 7) is 5.72. The summed E-state index contributed by atoms with van der Waals surface area (Å²) in [5.74, 6) is 0.449. The Balaban J connectivity index is 1.80. The second kappa shape index (κ2) is 6.96. The molecule has 1 aromatic carbocycles. The molecule has 0 spiro atoms. The summed E-state index contributed by atoms with van der Waals surface area (Å²) in [5, 5.41) is 0. The van der Waals surface area contributed by atoms with Crippen molar-refractivity contribution in [1.29, 1.82) is 0 Å². The zero-order valence-corrected chi connectivity index (χ0v) is 13.6. The molecule has 1 amide bonds. The summed E-state index contributed by atoms with van der Waals surface area (Å²) in [4.78, 5) is 18.7. The second-order valence-corrected chi connectivity index (χ2v) is 6.07. The molecule has 0 aliphatic carbocycles. The summed E-state index contributed by atoms with van der Waals surface area (Å²) in [6.07, 6.45) is 3.48. The van der Waals surface area contributed by atoms with Crippen molar-refractivity contribution in [2.24, 2.45) is 0 Å². The lowest BCUT2D eigenvalue weighted by Gasteiger charge is -2.25. The first-order valence-corrected chi connectivity index (χ1v) is 8.00. The number of aryl methyl sites for hydroxylation is 2. The fraction of sp³-hybridized carbons (Fsp3) is 0.444. The van der Waals surface area contributed by atoms with E-state index in [2.05, 4.69) is 24.0 Å². The minimum Gasteiger partial charge on any atom is -0.448 e. The van der Waals surface area contributed by atoms with E-state index in [1.54, 1.807) is 6.92 Å². The van der Waals surface area contributed by atoms with Crippen molar-refractivity contribution in [3.8, 4) is 0 Å². The summed E-state index contributed by atoms with van der Waals surface area (Å²) in [6, 6.07) is 8.21. The number of ether oxygens (including phenoxy) is 1. The highest BCUT2D eigenvalue weighted by Crippen LogP contribution is 2.18. The minimum atomic E-state index is -0.103. The summed E-state index contributed by atoms with van der Waals surface area (Å²) < 4.78 is 10.9. The average Bonchev–Trinajstić information content (AvgIpc) is 3.17. The van der Waals surface area contributed by atoms with Crippen LogP contribution in [0.15, 0.2) is 35.1 Å². The topological polar surface area (TPSA) is 55.6 Å². The first-order chi connectivity index (χ1) is 11.1. The van der Waals surface area contributed by atoms with Crippen molar-refractivity contribution in [2.45, 2.75) is 39.3 Å². The molecule has 1 saturated heterocycles. The Morgan fingerprint density at radius 3 is 2.91 bits per heavy atom. The smallest absolute Gasteiger partial charge is 0.276 e. The monoisotopic (exact) mass is 314 g/mol. The molecule has 1 fully saturated rings. The maximum Gasteiger partial charge on any atom is 0.276 e. The molecule has 0 saturated carbocycles. The molecular weight excluding hydrogens is 292 g/mol. The molecule has 3 rings (SSSR count). The molecule has 23 heavy (non-hydrogen) atoms. The first kappa shape index (κ1) is 15.7. The van der Waals surface area contributed by atoms with E-state index >= 15 is 0 Å². The highest BCUT2D eigenvalue weighted by molar-refractivity contribution is 5.93. The third kappa shape index (κ3) is 3.79. The number of benzene rings is 1. The molecule has 1 aliphatic heterocycles. The fourth-order valence-electron chi connectivity index (χ4n) is 2.94. The van der Waals surface area contributed by atoms with Gasteiger partial charge in [0.2, 0.25) is 0 Å². The van der Waals surface area contributed by atoms with Crippen molar-refractivity contribution in [3.05, 3.63) is 53.2 Å². The van der Waals surface area contributed by atoms with Crippen molar-refractivity contribution in [1.82, 2.24) is 9.88 Å². The molecule has 2 aromatic rings. The number of rotatable bonds is 5. The van der Waals surface area contributed by atoms with Crippen LogP contribution < -0.4 is 0 Å². The molecule has 1 atom stereocenters. The van der Waals surface area contributed by atoms with Crippen LogP contribution in [0.25, 0.3) is 0 Å². The lowest BCUT2D eigenvalue weighted by atomic mass is 10.1.